The lowest BCUT2D eigenvalue weighted by molar-refractivity contribution is 0.410. The summed E-state index contributed by atoms with van der Waals surface area (Å²) in [5.41, 5.74) is 3.69. The first-order chi connectivity index (χ1) is 9.81. The highest BCUT2D eigenvalue weighted by Crippen LogP contribution is 2.26. The van der Waals surface area contributed by atoms with Crippen LogP contribution in [0.25, 0.3) is 10.2 Å². The third-order valence-corrected chi connectivity index (χ3v) is 3.86. The van der Waals surface area contributed by atoms with Crippen molar-refractivity contribution in [2.24, 2.45) is 5.84 Å². The van der Waals surface area contributed by atoms with Gasteiger partial charge in [0.1, 0.15) is 16.4 Å². The van der Waals surface area contributed by atoms with Crippen molar-refractivity contribution in [3.05, 3.63) is 47.1 Å². The number of hydrogen-bond donors (Lipinski definition) is 2. The van der Waals surface area contributed by atoms with Gasteiger partial charge in [0.05, 0.1) is 12.5 Å². The fourth-order valence-electron chi connectivity index (χ4n) is 2.11. The lowest BCUT2D eigenvalue weighted by Crippen LogP contribution is -2.11. The van der Waals surface area contributed by atoms with Crippen LogP contribution in [0.5, 0.6) is 5.75 Å². The van der Waals surface area contributed by atoms with E-state index in [1.54, 1.807) is 18.4 Å². The van der Waals surface area contributed by atoms with E-state index >= 15 is 0 Å². The summed E-state index contributed by atoms with van der Waals surface area (Å²) in [6.07, 6.45) is 0.604. The fourth-order valence-corrected chi connectivity index (χ4v) is 2.89. The Balaban J connectivity index is 2.02. The number of fused-ring (bicyclic) bond motifs is 1. The van der Waals surface area contributed by atoms with E-state index in [0.29, 0.717) is 12.2 Å². The largest absolute Gasteiger partial charge is 0.496 e. The Bertz CT molecular complexity index is 741. The van der Waals surface area contributed by atoms with E-state index in [1.807, 2.05) is 35.7 Å². The van der Waals surface area contributed by atoms with Crippen LogP contribution in [0.3, 0.4) is 0 Å². The molecule has 2 heterocycles. The summed E-state index contributed by atoms with van der Waals surface area (Å²) in [5, 5.41) is 2.92. The van der Waals surface area contributed by atoms with Crippen molar-refractivity contribution in [3.63, 3.8) is 0 Å². The van der Waals surface area contributed by atoms with Crippen molar-refractivity contribution in [1.82, 2.24) is 9.97 Å². The summed E-state index contributed by atoms with van der Waals surface area (Å²) in [5.74, 6) is 7.74. The van der Waals surface area contributed by atoms with E-state index in [2.05, 4.69) is 15.4 Å². The molecule has 0 unspecified atom stereocenters. The molecule has 1 aromatic carbocycles. The molecule has 6 heteroatoms. The predicted molar refractivity (Wildman–Crippen MR) is 81.0 cm³/mol. The predicted octanol–water partition coefficient (Wildman–Crippen LogP) is 2.58. The van der Waals surface area contributed by atoms with Crippen LogP contribution in [-0.4, -0.2) is 17.1 Å². The molecule has 0 aliphatic rings. The Labute approximate surface area is 120 Å². The fraction of sp³-hybridized carbons (Fsp3) is 0.143. The Kier molecular flexibility index (Phi) is 3.49. The van der Waals surface area contributed by atoms with Gasteiger partial charge in [-0.3, -0.25) is 0 Å². The molecule has 0 amide bonds. The molecule has 0 spiro atoms. The molecule has 0 aliphatic carbocycles. The van der Waals surface area contributed by atoms with Crippen molar-refractivity contribution >= 4 is 27.4 Å². The number of ether oxygens (including phenoxy) is 1. The van der Waals surface area contributed by atoms with E-state index in [9.17, 15) is 0 Å². The second-order valence-corrected chi connectivity index (χ2v) is 5.16. The molecule has 2 aromatic heterocycles. The van der Waals surface area contributed by atoms with Crippen LogP contribution in [0.1, 0.15) is 11.4 Å². The number of nitrogens with two attached hydrogens (primary N) is 1. The number of rotatable bonds is 4. The van der Waals surface area contributed by atoms with Gasteiger partial charge in [0.15, 0.2) is 5.82 Å². The van der Waals surface area contributed by atoms with Crippen molar-refractivity contribution in [3.8, 4) is 5.75 Å². The van der Waals surface area contributed by atoms with E-state index in [1.165, 1.54) is 0 Å². The number of anilines is 1. The third kappa shape index (κ3) is 2.31. The number of nitrogen functional groups attached to an aromatic ring is 1. The Morgan fingerprint density at radius 3 is 2.90 bits per heavy atom. The highest BCUT2D eigenvalue weighted by Gasteiger charge is 2.10. The average molecular weight is 286 g/mol. The Morgan fingerprint density at radius 2 is 2.10 bits per heavy atom. The molecule has 0 fully saturated rings. The topological polar surface area (TPSA) is 73.1 Å². The number of benzene rings is 1. The summed E-state index contributed by atoms with van der Waals surface area (Å²) in [6, 6.07) is 9.82. The number of aromatic nitrogens is 2. The maximum Gasteiger partial charge on any atom is 0.152 e. The molecule has 0 atom stereocenters. The molecule has 20 heavy (non-hydrogen) atoms. The zero-order valence-electron chi connectivity index (χ0n) is 11.0. The van der Waals surface area contributed by atoms with Gasteiger partial charge in [0.25, 0.3) is 0 Å². The summed E-state index contributed by atoms with van der Waals surface area (Å²) < 4.78 is 5.35. The second-order valence-electron chi connectivity index (χ2n) is 4.26. The van der Waals surface area contributed by atoms with Crippen LogP contribution in [0.2, 0.25) is 0 Å². The van der Waals surface area contributed by atoms with Crippen molar-refractivity contribution in [2.45, 2.75) is 6.42 Å². The molecule has 0 saturated heterocycles. The molecular weight excluding hydrogens is 272 g/mol. The first kappa shape index (κ1) is 12.8. The summed E-state index contributed by atoms with van der Waals surface area (Å²) in [6.45, 7) is 0. The van der Waals surface area contributed by atoms with Gasteiger partial charge in [-0.25, -0.2) is 15.8 Å². The quantitative estimate of drug-likeness (QED) is 0.569. The van der Waals surface area contributed by atoms with Crippen LogP contribution in [0.15, 0.2) is 35.7 Å². The van der Waals surface area contributed by atoms with Crippen molar-refractivity contribution < 1.29 is 4.74 Å². The molecule has 3 rings (SSSR count). The van der Waals surface area contributed by atoms with Crippen LogP contribution in [-0.2, 0) is 6.42 Å². The lowest BCUT2D eigenvalue weighted by atomic mass is 10.1. The van der Waals surface area contributed by atoms with Gasteiger partial charge in [0, 0.05) is 12.0 Å². The lowest BCUT2D eigenvalue weighted by Gasteiger charge is -2.08. The molecule has 0 radical (unpaired) electrons. The van der Waals surface area contributed by atoms with Crippen LogP contribution < -0.4 is 16.0 Å². The van der Waals surface area contributed by atoms with Gasteiger partial charge in [-0.05, 0) is 17.5 Å². The number of hydrazine groups is 1. The van der Waals surface area contributed by atoms with Crippen molar-refractivity contribution in [1.29, 1.82) is 0 Å². The molecule has 102 valence electrons. The Hall–Kier alpha value is -2.18. The zero-order chi connectivity index (χ0) is 13.9. The summed E-state index contributed by atoms with van der Waals surface area (Å²) in [4.78, 5) is 9.97. The monoisotopic (exact) mass is 286 g/mol. The van der Waals surface area contributed by atoms with E-state index in [-0.39, 0.29) is 0 Å². The highest BCUT2D eigenvalue weighted by molar-refractivity contribution is 7.16. The molecule has 0 bridgehead atoms. The van der Waals surface area contributed by atoms with Crippen LogP contribution >= 0.6 is 11.3 Å². The number of para-hydroxylation sites is 1. The smallest absolute Gasteiger partial charge is 0.152 e. The standard InChI is InChI=1S/C14H14N4OS/c1-19-11-5-3-2-4-9(11)8-12-16-13(18-15)10-6-7-20-14(10)17-12/h2-7H,8,15H2,1H3,(H,16,17,18). The van der Waals surface area contributed by atoms with Crippen LogP contribution in [0.4, 0.5) is 5.82 Å². The number of hydrogen-bond acceptors (Lipinski definition) is 6. The molecule has 0 aliphatic heterocycles. The summed E-state index contributed by atoms with van der Waals surface area (Å²) >= 11 is 1.57. The SMILES string of the molecule is COc1ccccc1Cc1nc(NN)c2ccsc2n1. The minimum absolute atomic E-state index is 0.604. The highest BCUT2D eigenvalue weighted by atomic mass is 32.1. The number of nitrogens with one attached hydrogen (secondary N) is 1. The third-order valence-electron chi connectivity index (χ3n) is 3.05. The summed E-state index contributed by atoms with van der Waals surface area (Å²) in [7, 11) is 1.66. The minimum atomic E-state index is 0.604. The Morgan fingerprint density at radius 1 is 1.25 bits per heavy atom. The molecule has 3 aromatic rings. The minimum Gasteiger partial charge on any atom is -0.496 e. The number of nitrogens with zero attached hydrogens (tertiary/aromatic N) is 2. The van der Waals surface area contributed by atoms with Gasteiger partial charge < -0.3 is 10.2 Å². The second kappa shape index (κ2) is 5.44. The zero-order valence-corrected chi connectivity index (χ0v) is 11.8. The van der Waals surface area contributed by atoms with Gasteiger partial charge >= 0.3 is 0 Å². The van der Waals surface area contributed by atoms with Gasteiger partial charge in [-0.2, -0.15) is 0 Å². The molecule has 3 N–H and O–H groups in total. The van der Waals surface area contributed by atoms with E-state index in [0.717, 1.165) is 27.4 Å². The molecular formula is C14H14N4OS. The molecule has 0 saturated carbocycles. The maximum absolute atomic E-state index is 5.53. The first-order valence-corrected chi connectivity index (χ1v) is 7.02. The maximum atomic E-state index is 5.53. The normalized spacial score (nSPS) is 10.7. The number of thiophene rings is 1. The van der Waals surface area contributed by atoms with Gasteiger partial charge in [-0.1, -0.05) is 18.2 Å². The first-order valence-electron chi connectivity index (χ1n) is 6.14. The van der Waals surface area contributed by atoms with E-state index < -0.39 is 0 Å². The van der Waals surface area contributed by atoms with Crippen LogP contribution in [0, 0.1) is 0 Å². The van der Waals surface area contributed by atoms with Gasteiger partial charge in [-0.15, -0.1) is 11.3 Å². The van der Waals surface area contributed by atoms with Gasteiger partial charge in [0.2, 0.25) is 0 Å². The van der Waals surface area contributed by atoms with Crippen molar-refractivity contribution in [2.75, 3.05) is 12.5 Å². The van der Waals surface area contributed by atoms with E-state index in [4.69, 9.17) is 10.6 Å². The average Bonchev–Trinajstić information content (AvgIpc) is 2.95. The number of methoxy groups -OCH3 is 1. The molecule has 5 nitrogen and oxygen atoms in total.